The highest BCUT2D eigenvalue weighted by Crippen LogP contribution is 2.01. The van der Waals surface area contributed by atoms with E-state index in [4.69, 9.17) is 10.8 Å². The van der Waals surface area contributed by atoms with Gasteiger partial charge in [-0.1, -0.05) is 13.8 Å². The van der Waals surface area contributed by atoms with E-state index in [2.05, 4.69) is 0 Å². The van der Waals surface area contributed by atoms with Crippen LogP contribution in [0.25, 0.3) is 0 Å². The summed E-state index contributed by atoms with van der Waals surface area (Å²) in [5.41, 5.74) is 4.84. The number of nitrogens with two attached hydrogens (primary N) is 1. The molecule has 0 unspecified atom stereocenters. The smallest absolute Gasteiger partial charge is 0.322 e. The molecule has 0 fully saturated rings. The second-order valence-electron chi connectivity index (χ2n) is 3.27. The quantitative estimate of drug-likeness (QED) is 0.492. The predicted molar refractivity (Wildman–Crippen MR) is 60.2 cm³/mol. The van der Waals surface area contributed by atoms with Crippen molar-refractivity contribution in [2.75, 3.05) is 13.1 Å². The number of primary amides is 1. The maximum atomic E-state index is 11.7. The number of hydrogen-bond donors (Lipinski definition) is 3. The number of amides is 1. The summed E-state index contributed by atoms with van der Waals surface area (Å²) in [6.07, 6.45) is -0.587. The zero-order valence-electron chi connectivity index (χ0n) is 9.71. The van der Waals surface area contributed by atoms with Crippen molar-refractivity contribution < 1.29 is 23.1 Å². The average Bonchev–Trinajstić information content (AvgIpc) is 2.16. The summed E-state index contributed by atoms with van der Waals surface area (Å²) in [6.45, 7) is 3.64. The van der Waals surface area contributed by atoms with E-state index < -0.39 is 34.5 Å². The highest BCUT2D eigenvalue weighted by molar-refractivity contribution is 7.87. The van der Waals surface area contributed by atoms with Crippen molar-refractivity contribution in [1.82, 2.24) is 9.03 Å². The molecule has 100 valence electrons. The molecular formula is C8H17N3O5S. The van der Waals surface area contributed by atoms with Crippen LogP contribution in [-0.2, 0) is 19.8 Å². The van der Waals surface area contributed by atoms with E-state index in [1.54, 1.807) is 13.8 Å². The third kappa shape index (κ3) is 5.11. The van der Waals surface area contributed by atoms with Crippen molar-refractivity contribution in [3.8, 4) is 0 Å². The lowest BCUT2D eigenvalue weighted by molar-refractivity contribution is -0.140. The fourth-order valence-corrected chi connectivity index (χ4v) is 2.57. The van der Waals surface area contributed by atoms with Crippen molar-refractivity contribution in [1.29, 1.82) is 0 Å². The minimum atomic E-state index is -3.92. The molecule has 4 N–H and O–H groups in total. The Balaban J connectivity index is 4.86. The van der Waals surface area contributed by atoms with Crippen LogP contribution in [0.3, 0.4) is 0 Å². The molecule has 0 heterocycles. The van der Waals surface area contributed by atoms with Gasteiger partial charge < -0.3 is 10.8 Å². The highest BCUT2D eigenvalue weighted by atomic mass is 32.2. The van der Waals surface area contributed by atoms with Gasteiger partial charge in [0.2, 0.25) is 5.91 Å². The molecule has 8 nitrogen and oxygen atoms in total. The van der Waals surface area contributed by atoms with Gasteiger partial charge in [0.15, 0.2) is 0 Å². The summed E-state index contributed by atoms with van der Waals surface area (Å²) in [6, 6.07) is -1.54. The van der Waals surface area contributed by atoms with E-state index in [1.165, 1.54) is 0 Å². The molecule has 0 aliphatic carbocycles. The number of carboxylic acid groups (broad SMARTS) is 1. The van der Waals surface area contributed by atoms with Crippen molar-refractivity contribution in [3.63, 3.8) is 0 Å². The van der Waals surface area contributed by atoms with Crippen molar-refractivity contribution >= 4 is 22.1 Å². The first-order valence-corrected chi connectivity index (χ1v) is 6.47. The lowest BCUT2D eigenvalue weighted by atomic mass is 10.2. The summed E-state index contributed by atoms with van der Waals surface area (Å²) in [4.78, 5) is 21.4. The third-order valence-electron chi connectivity index (χ3n) is 2.04. The fraction of sp³-hybridized carbons (Fsp3) is 0.750. The largest absolute Gasteiger partial charge is 0.480 e. The SMILES string of the molecule is CCN(CC)S(=O)(=O)N[C@@H](CC(N)=O)C(=O)O. The second-order valence-corrected chi connectivity index (χ2v) is 4.97. The molecule has 1 atom stereocenters. The number of nitrogens with one attached hydrogen (secondary N) is 1. The molecule has 0 aromatic rings. The number of hydrogen-bond acceptors (Lipinski definition) is 4. The molecule has 0 bridgehead atoms. The minimum absolute atomic E-state index is 0.203. The van der Waals surface area contributed by atoms with Crippen LogP contribution in [0.4, 0.5) is 0 Å². The molecule has 1 amide bonds. The second kappa shape index (κ2) is 6.52. The summed E-state index contributed by atoms with van der Waals surface area (Å²) >= 11 is 0. The number of rotatable bonds is 8. The van der Waals surface area contributed by atoms with Gasteiger partial charge in [0.1, 0.15) is 6.04 Å². The molecule has 0 spiro atoms. The van der Waals surface area contributed by atoms with E-state index in [0.717, 1.165) is 4.31 Å². The summed E-state index contributed by atoms with van der Waals surface area (Å²) < 4.78 is 26.3. The molecule has 0 radical (unpaired) electrons. The first kappa shape index (κ1) is 15.8. The molecule has 0 rings (SSSR count). The van der Waals surface area contributed by atoms with Gasteiger partial charge in [-0.15, -0.1) is 0 Å². The minimum Gasteiger partial charge on any atom is -0.480 e. The van der Waals surface area contributed by atoms with E-state index >= 15 is 0 Å². The Kier molecular flexibility index (Phi) is 6.07. The first-order valence-electron chi connectivity index (χ1n) is 5.03. The summed E-state index contributed by atoms with van der Waals surface area (Å²) in [5.74, 6) is -2.33. The predicted octanol–water partition coefficient (Wildman–Crippen LogP) is -1.51. The number of nitrogens with zero attached hydrogens (tertiary/aromatic N) is 1. The molecule has 0 aromatic carbocycles. The Labute approximate surface area is 100.0 Å². The molecule has 9 heteroatoms. The lowest BCUT2D eigenvalue weighted by Gasteiger charge is -2.21. The Morgan fingerprint density at radius 2 is 1.82 bits per heavy atom. The molecule has 0 aromatic heterocycles. The Bertz CT molecular complexity index is 377. The maximum absolute atomic E-state index is 11.7. The Morgan fingerprint density at radius 3 is 2.12 bits per heavy atom. The Hall–Kier alpha value is -1.19. The normalized spacial score (nSPS) is 13.6. The van der Waals surface area contributed by atoms with Crippen LogP contribution in [0.5, 0.6) is 0 Å². The molecule has 0 aliphatic heterocycles. The molecule has 0 saturated heterocycles. The first-order chi connectivity index (χ1) is 7.74. The van der Waals surface area contributed by atoms with Gasteiger partial charge >= 0.3 is 5.97 Å². The Morgan fingerprint density at radius 1 is 1.35 bits per heavy atom. The van der Waals surface area contributed by atoms with Crippen molar-refractivity contribution in [2.45, 2.75) is 26.3 Å². The number of carboxylic acids is 1. The van der Waals surface area contributed by atoms with Gasteiger partial charge in [0.25, 0.3) is 10.2 Å². The average molecular weight is 267 g/mol. The topological polar surface area (TPSA) is 130 Å². The lowest BCUT2D eigenvalue weighted by Crippen LogP contribution is -2.49. The van der Waals surface area contributed by atoms with Crippen LogP contribution < -0.4 is 10.5 Å². The van der Waals surface area contributed by atoms with Gasteiger partial charge in [0, 0.05) is 13.1 Å². The van der Waals surface area contributed by atoms with E-state index in [-0.39, 0.29) is 13.1 Å². The zero-order valence-corrected chi connectivity index (χ0v) is 10.5. The van der Waals surface area contributed by atoms with Gasteiger partial charge in [0.05, 0.1) is 6.42 Å². The number of aliphatic carboxylic acids is 1. The summed E-state index contributed by atoms with van der Waals surface area (Å²) in [5, 5.41) is 8.76. The van der Waals surface area contributed by atoms with Crippen molar-refractivity contribution in [3.05, 3.63) is 0 Å². The van der Waals surface area contributed by atoms with Crippen LogP contribution in [-0.4, -0.2) is 48.8 Å². The standard InChI is InChI=1S/C8H17N3O5S/c1-3-11(4-2)17(15,16)10-6(8(13)14)5-7(9)12/h6,10H,3-5H2,1-2H3,(H2,9,12)(H,13,14)/t6-/m0/s1. The third-order valence-corrected chi connectivity index (χ3v) is 3.82. The van der Waals surface area contributed by atoms with Crippen LogP contribution in [0.2, 0.25) is 0 Å². The number of carbonyl (C=O) groups is 2. The molecule has 0 saturated carbocycles. The number of carbonyl (C=O) groups excluding carboxylic acids is 1. The van der Waals surface area contributed by atoms with E-state index in [1.807, 2.05) is 4.72 Å². The van der Waals surface area contributed by atoms with Crippen LogP contribution in [0, 0.1) is 0 Å². The van der Waals surface area contributed by atoms with Crippen LogP contribution >= 0.6 is 0 Å². The summed E-state index contributed by atoms with van der Waals surface area (Å²) in [7, 11) is -3.92. The van der Waals surface area contributed by atoms with Crippen LogP contribution in [0.1, 0.15) is 20.3 Å². The van der Waals surface area contributed by atoms with Gasteiger partial charge in [-0.2, -0.15) is 17.4 Å². The highest BCUT2D eigenvalue weighted by Gasteiger charge is 2.28. The monoisotopic (exact) mass is 267 g/mol. The molecular weight excluding hydrogens is 250 g/mol. The van der Waals surface area contributed by atoms with Gasteiger partial charge in [-0.3, -0.25) is 9.59 Å². The maximum Gasteiger partial charge on any atom is 0.322 e. The van der Waals surface area contributed by atoms with Gasteiger partial charge in [-0.05, 0) is 0 Å². The van der Waals surface area contributed by atoms with Gasteiger partial charge in [-0.25, -0.2) is 0 Å². The van der Waals surface area contributed by atoms with E-state index in [9.17, 15) is 18.0 Å². The zero-order chi connectivity index (χ0) is 13.6. The fourth-order valence-electron chi connectivity index (χ4n) is 1.20. The molecule has 17 heavy (non-hydrogen) atoms. The molecule has 0 aliphatic rings. The van der Waals surface area contributed by atoms with Crippen LogP contribution in [0.15, 0.2) is 0 Å². The van der Waals surface area contributed by atoms with E-state index in [0.29, 0.717) is 0 Å². The van der Waals surface area contributed by atoms with Crippen molar-refractivity contribution in [2.24, 2.45) is 5.73 Å².